The molecule has 2 rings (SSSR count). The number of para-hydroxylation sites is 1. The second-order valence-electron chi connectivity index (χ2n) is 3.53. The van der Waals surface area contributed by atoms with Gasteiger partial charge in [0, 0.05) is 17.1 Å². The number of fused-ring (bicyclic) bond motifs is 1. The molecule has 0 saturated heterocycles. The molecular formula is C11H11N3O2. The number of nitrogens with two attached hydrogens (primary N) is 2. The fourth-order valence-electron chi connectivity index (χ4n) is 1.78. The van der Waals surface area contributed by atoms with E-state index in [1.165, 1.54) is 0 Å². The number of carbonyl (C=O) groups excluding carboxylic acids is 2. The highest BCUT2D eigenvalue weighted by atomic mass is 16.2. The van der Waals surface area contributed by atoms with Crippen molar-refractivity contribution in [2.75, 3.05) is 0 Å². The van der Waals surface area contributed by atoms with Crippen LogP contribution in [0, 0.1) is 0 Å². The molecule has 16 heavy (non-hydrogen) atoms. The Bertz CT molecular complexity index is 545. The van der Waals surface area contributed by atoms with Gasteiger partial charge in [-0.3, -0.25) is 9.59 Å². The number of rotatable bonds is 3. The summed E-state index contributed by atoms with van der Waals surface area (Å²) in [4.78, 5) is 25.3. The zero-order chi connectivity index (χ0) is 11.7. The fraction of sp³-hybridized carbons (Fsp3) is 0.0909. The molecular weight excluding hydrogens is 206 g/mol. The molecule has 0 unspecified atom stereocenters. The molecule has 0 aliphatic rings. The van der Waals surface area contributed by atoms with Crippen molar-refractivity contribution < 1.29 is 9.59 Å². The number of H-pyrrole nitrogens is 1. The molecule has 0 saturated carbocycles. The minimum atomic E-state index is -1.09. The highest BCUT2D eigenvalue weighted by Gasteiger charge is 2.26. The molecule has 0 bridgehead atoms. The van der Waals surface area contributed by atoms with Crippen molar-refractivity contribution in [3.8, 4) is 0 Å². The van der Waals surface area contributed by atoms with E-state index in [1.54, 1.807) is 12.3 Å². The minimum absolute atomic E-state index is 0.524. The monoisotopic (exact) mass is 217 g/mol. The van der Waals surface area contributed by atoms with E-state index >= 15 is 0 Å². The number of amides is 2. The van der Waals surface area contributed by atoms with Crippen LogP contribution in [0.1, 0.15) is 11.5 Å². The standard InChI is InChI=1S/C11H11N3O2/c12-10(15)9(11(13)16)7-5-14-8-4-2-1-3-6(7)8/h1-5,9,14H,(H2,12,15)(H2,13,16). The molecule has 2 aromatic rings. The molecule has 0 radical (unpaired) electrons. The second kappa shape index (κ2) is 3.69. The van der Waals surface area contributed by atoms with Crippen LogP contribution in [-0.4, -0.2) is 16.8 Å². The summed E-state index contributed by atoms with van der Waals surface area (Å²) in [6, 6.07) is 7.32. The third-order valence-electron chi connectivity index (χ3n) is 2.50. The van der Waals surface area contributed by atoms with Gasteiger partial charge < -0.3 is 16.5 Å². The van der Waals surface area contributed by atoms with Gasteiger partial charge in [-0.05, 0) is 11.6 Å². The lowest BCUT2D eigenvalue weighted by Gasteiger charge is -2.07. The van der Waals surface area contributed by atoms with Gasteiger partial charge in [0.25, 0.3) is 0 Å². The Morgan fingerprint density at radius 1 is 1.12 bits per heavy atom. The van der Waals surface area contributed by atoms with Gasteiger partial charge in [-0.25, -0.2) is 0 Å². The summed E-state index contributed by atoms with van der Waals surface area (Å²) in [6.07, 6.45) is 1.59. The average molecular weight is 217 g/mol. The average Bonchev–Trinajstić information content (AvgIpc) is 2.61. The van der Waals surface area contributed by atoms with Gasteiger partial charge in [-0.1, -0.05) is 18.2 Å². The Morgan fingerprint density at radius 2 is 1.75 bits per heavy atom. The molecule has 0 atom stereocenters. The quantitative estimate of drug-likeness (QED) is 0.640. The predicted octanol–water partition coefficient (Wildman–Crippen LogP) is 0.222. The van der Waals surface area contributed by atoms with Crippen LogP contribution in [0.2, 0.25) is 0 Å². The summed E-state index contributed by atoms with van der Waals surface area (Å²) in [5.41, 5.74) is 11.7. The van der Waals surface area contributed by atoms with Gasteiger partial charge in [0.15, 0.2) is 0 Å². The first-order valence-corrected chi connectivity index (χ1v) is 4.76. The summed E-state index contributed by atoms with van der Waals surface area (Å²) in [7, 11) is 0. The first kappa shape index (κ1) is 10.2. The first-order valence-electron chi connectivity index (χ1n) is 4.76. The topological polar surface area (TPSA) is 102 Å². The third-order valence-corrected chi connectivity index (χ3v) is 2.50. The number of carbonyl (C=O) groups is 2. The lowest BCUT2D eigenvalue weighted by Crippen LogP contribution is -2.32. The van der Waals surface area contributed by atoms with Gasteiger partial charge in [-0.15, -0.1) is 0 Å². The van der Waals surface area contributed by atoms with Crippen molar-refractivity contribution in [1.82, 2.24) is 4.98 Å². The normalized spacial score (nSPS) is 10.8. The van der Waals surface area contributed by atoms with Crippen LogP contribution in [0.15, 0.2) is 30.5 Å². The van der Waals surface area contributed by atoms with E-state index in [9.17, 15) is 9.59 Å². The number of primary amides is 2. The largest absolute Gasteiger partial charge is 0.369 e. The van der Waals surface area contributed by atoms with Crippen molar-refractivity contribution in [3.05, 3.63) is 36.0 Å². The van der Waals surface area contributed by atoms with E-state index < -0.39 is 17.7 Å². The van der Waals surface area contributed by atoms with Crippen molar-refractivity contribution in [2.45, 2.75) is 5.92 Å². The molecule has 0 fully saturated rings. The third kappa shape index (κ3) is 1.52. The van der Waals surface area contributed by atoms with Crippen molar-refractivity contribution in [1.29, 1.82) is 0 Å². The SMILES string of the molecule is NC(=O)C(C(N)=O)c1c[nH]c2ccccc12. The van der Waals surface area contributed by atoms with Crippen LogP contribution in [0.3, 0.4) is 0 Å². The number of hydrogen-bond acceptors (Lipinski definition) is 2. The summed E-state index contributed by atoms with van der Waals surface area (Å²) in [6.45, 7) is 0. The second-order valence-corrected chi connectivity index (χ2v) is 3.53. The van der Waals surface area contributed by atoms with Gasteiger partial charge in [0.1, 0.15) is 5.92 Å². The van der Waals surface area contributed by atoms with Crippen molar-refractivity contribution in [2.24, 2.45) is 11.5 Å². The zero-order valence-corrected chi connectivity index (χ0v) is 8.44. The number of aromatic amines is 1. The van der Waals surface area contributed by atoms with Crippen molar-refractivity contribution >= 4 is 22.7 Å². The molecule has 2 amide bonds. The molecule has 0 aliphatic carbocycles. The molecule has 1 heterocycles. The number of benzene rings is 1. The number of nitrogens with one attached hydrogen (secondary N) is 1. The summed E-state index contributed by atoms with van der Waals surface area (Å²) in [5, 5.41) is 0.783. The maximum atomic E-state index is 11.2. The van der Waals surface area contributed by atoms with Gasteiger partial charge in [-0.2, -0.15) is 0 Å². The summed E-state index contributed by atoms with van der Waals surface area (Å²) in [5.74, 6) is -2.56. The zero-order valence-electron chi connectivity index (χ0n) is 8.44. The van der Waals surface area contributed by atoms with Gasteiger partial charge >= 0.3 is 0 Å². The highest BCUT2D eigenvalue weighted by molar-refractivity contribution is 6.07. The molecule has 0 aliphatic heterocycles. The molecule has 5 N–H and O–H groups in total. The van der Waals surface area contributed by atoms with E-state index in [-0.39, 0.29) is 0 Å². The van der Waals surface area contributed by atoms with E-state index in [1.807, 2.05) is 18.2 Å². The first-order chi connectivity index (χ1) is 7.61. The molecule has 1 aromatic carbocycles. The van der Waals surface area contributed by atoms with Crippen LogP contribution in [0.25, 0.3) is 10.9 Å². The van der Waals surface area contributed by atoms with Crippen LogP contribution in [0.4, 0.5) is 0 Å². The van der Waals surface area contributed by atoms with Crippen LogP contribution in [0.5, 0.6) is 0 Å². The summed E-state index contributed by atoms with van der Waals surface area (Å²) >= 11 is 0. The molecule has 5 heteroatoms. The van der Waals surface area contributed by atoms with Crippen LogP contribution < -0.4 is 11.5 Å². The van der Waals surface area contributed by atoms with Gasteiger partial charge in [0.05, 0.1) is 0 Å². The molecule has 5 nitrogen and oxygen atoms in total. The predicted molar refractivity (Wildman–Crippen MR) is 59.4 cm³/mol. The number of hydrogen-bond donors (Lipinski definition) is 3. The van der Waals surface area contributed by atoms with Crippen molar-refractivity contribution in [3.63, 3.8) is 0 Å². The van der Waals surface area contributed by atoms with E-state index in [2.05, 4.69) is 4.98 Å². The van der Waals surface area contributed by atoms with E-state index in [4.69, 9.17) is 11.5 Å². The molecule has 82 valence electrons. The Labute approximate surface area is 91.4 Å². The van der Waals surface area contributed by atoms with Gasteiger partial charge in [0.2, 0.25) is 11.8 Å². The Kier molecular flexibility index (Phi) is 2.36. The highest BCUT2D eigenvalue weighted by Crippen LogP contribution is 2.25. The Balaban J connectivity index is 2.61. The van der Waals surface area contributed by atoms with E-state index in [0.717, 1.165) is 10.9 Å². The minimum Gasteiger partial charge on any atom is -0.369 e. The molecule has 0 spiro atoms. The Hall–Kier alpha value is -2.30. The lowest BCUT2D eigenvalue weighted by atomic mass is 9.97. The van der Waals surface area contributed by atoms with E-state index in [0.29, 0.717) is 5.56 Å². The smallest absolute Gasteiger partial charge is 0.234 e. The Morgan fingerprint density at radius 3 is 2.38 bits per heavy atom. The van der Waals surface area contributed by atoms with Crippen LogP contribution in [-0.2, 0) is 9.59 Å². The lowest BCUT2D eigenvalue weighted by molar-refractivity contribution is -0.128. The maximum absolute atomic E-state index is 11.2. The fourth-order valence-corrected chi connectivity index (χ4v) is 1.78. The number of aromatic nitrogens is 1. The molecule has 1 aromatic heterocycles. The van der Waals surface area contributed by atoms with Crippen LogP contribution >= 0.6 is 0 Å². The summed E-state index contributed by atoms with van der Waals surface area (Å²) < 4.78 is 0. The maximum Gasteiger partial charge on any atom is 0.234 e.